The van der Waals surface area contributed by atoms with Gasteiger partial charge in [-0.1, -0.05) is 31.2 Å². The molecule has 0 spiro atoms. The van der Waals surface area contributed by atoms with E-state index in [1.807, 2.05) is 45.9 Å². The summed E-state index contributed by atoms with van der Waals surface area (Å²) in [6, 6.07) is 0. The molecule has 0 saturated carbocycles. The van der Waals surface area contributed by atoms with Gasteiger partial charge < -0.3 is 0 Å². The highest BCUT2D eigenvalue weighted by molar-refractivity contribution is 5.98. The summed E-state index contributed by atoms with van der Waals surface area (Å²) in [5, 5.41) is 0. The molecule has 1 rings (SSSR count). The average Bonchev–Trinajstić information content (AvgIpc) is 2.18. The number of nitrogens with zero attached hydrogens (tertiary/aromatic N) is 1. The molecule has 1 atom stereocenters. The number of carbonyl (C=O) groups is 2. The Balaban J connectivity index is 3.09. The lowest BCUT2D eigenvalue weighted by atomic mass is 10.0. The number of hydrogen-bond acceptors (Lipinski definition) is 2. The second-order valence-corrected chi connectivity index (χ2v) is 5.04. The molecule has 0 fully saturated rings. The molecule has 3 nitrogen and oxygen atoms in total. The van der Waals surface area contributed by atoms with Crippen molar-refractivity contribution in [2.45, 2.75) is 39.7 Å². The van der Waals surface area contributed by atoms with Crippen LogP contribution in [0.2, 0.25) is 0 Å². The van der Waals surface area contributed by atoms with Gasteiger partial charge in [0.1, 0.15) is 0 Å². The van der Waals surface area contributed by atoms with Crippen molar-refractivity contribution in [3.63, 3.8) is 0 Å². The molecule has 0 aromatic carbocycles. The van der Waals surface area contributed by atoms with Gasteiger partial charge in [0.2, 0.25) is 11.8 Å². The number of carbonyl (C=O) groups excluding carboxylic acids is 2. The Morgan fingerprint density at radius 1 is 1.25 bits per heavy atom. The van der Waals surface area contributed by atoms with Crippen LogP contribution in [0.3, 0.4) is 0 Å². The van der Waals surface area contributed by atoms with Crippen LogP contribution in [0.1, 0.15) is 34.1 Å². The number of hydrogen-bond donors (Lipinski definition) is 0. The Labute approximate surface area is 96.8 Å². The minimum atomic E-state index is -0.464. The van der Waals surface area contributed by atoms with Crippen LogP contribution in [0.25, 0.3) is 0 Å². The Kier molecular flexibility index (Phi) is 3.68. The van der Waals surface area contributed by atoms with Crippen LogP contribution in [0.4, 0.5) is 0 Å². The zero-order chi connectivity index (χ0) is 12.3. The van der Waals surface area contributed by atoms with Crippen molar-refractivity contribution < 1.29 is 9.59 Å². The van der Waals surface area contributed by atoms with E-state index < -0.39 is 5.54 Å². The number of amides is 2. The Hall–Kier alpha value is -1.38. The van der Waals surface area contributed by atoms with E-state index >= 15 is 0 Å². The highest BCUT2D eigenvalue weighted by atomic mass is 16.2. The van der Waals surface area contributed by atoms with E-state index in [-0.39, 0.29) is 24.2 Å². The molecule has 0 aromatic heterocycles. The molecule has 0 aromatic rings. The van der Waals surface area contributed by atoms with Gasteiger partial charge in [-0.15, -0.1) is 0 Å². The Morgan fingerprint density at radius 3 is 2.44 bits per heavy atom. The predicted octanol–water partition coefficient (Wildman–Crippen LogP) is 2.29. The summed E-state index contributed by atoms with van der Waals surface area (Å²) >= 11 is 0. The van der Waals surface area contributed by atoms with Gasteiger partial charge in [0.15, 0.2) is 0 Å². The highest BCUT2D eigenvalue weighted by Crippen LogP contribution is 2.20. The van der Waals surface area contributed by atoms with Crippen LogP contribution in [0.15, 0.2) is 24.3 Å². The van der Waals surface area contributed by atoms with Gasteiger partial charge in [0, 0.05) is 12.0 Å². The normalized spacial score (nSPS) is 27.0. The molecule has 1 aliphatic rings. The second kappa shape index (κ2) is 4.64. The first kappa shape index (κ1) is 12.7. The van der Waals surface area contributed by atoms with Crippen molar-refractivity contribution in [3.05, 3.63) is 24.3 Å². The first-order valence-corrected chi connectivity index (χ1v) is 5.54. The van der Waals surface area contributed by atoms with Crippen molar-refractivity contribution >= 4 is 11.8 Å². The molecule has 88 valence electrons. The Morgan fingerprint density at radius 2 is 1.88 bits per heavy atom. The molecule has 1 aliphatic heterocycles. The van der Waals surface area contributed by atoms with Crippen LogP contribution in [-0.2, 0) is 9.59 Å². The highest BCUT2D eigenvalue weighted by Gasteiger charge is 2.33. The molecule has 0 bridgehead atoms. The van der Waals surface area contributed by atoms with Crippen molar-refractivity contribution in [1.29, 1.82) is 0 Å². The summed E-state index contributed by atoms with van der Waals surface area (Å²) in [5.74, 6) is -0.521. The summed E-state index contributed by atoms with van der Waals surface area (Å²) in [6.45, 7) is 7.44. The molecule has 3 heteroatoms. The molecule has 0 aliphatic carbocycles. The van der Waals surface area contributed by atoms with Crippen LogP contribution in [-0.4, -0.2) is 22.3 Å². The number of allylic oxidation sites excluding steroid dienone is 2. The van der Waals surface area contributed by atoms with Gasteiger partial charge in [0.25, 0.3) is 0 Å². The summed E-state index contributed by atoms with van der Waals surface area (Å²) in [5.41, 5.74) is -0.464. The van der Waals surface area contributed by atoms with Gasteiger partial charge in [-0.3, -0.25) is 14.5 Å². The van der Waals surface area contributed by atoms with Gasteiger partial charge in [-0.05, 0) is 20.8 Å². The zero-order valence-corrected chi connectivity index (χ0v) is 10.4. The molecule has 1 unspecified atom stereocenters. The fraction of sp³-hybridized carbons (Fsp3) is 0.538. The molecular weight excluding hydrogens is 202 g/mol. The van der Waals surface area contributed by atoms with Gasteiger partial charge in [0.05, 0.1) is 5.92 Å². The summed E-state index contributed by atoms with van der Waals surface area (Å²) < 4.78 is 0. The first-order chi connectivity index (χ1) is 7.34. The molecule has 0 N–H and O–H groups in total. The lowest BCUT2D eigenvalue weighted by Crippen LogP contribution is -2.50. The van der Waals surface area contributed by atoms with Crippen LogP contribution in [0, 0.1) is 5.92 Å². The fourth-order valence-electron chi connectivity index (χ4n) is 1.68. The van der Waals surface area contributed by atoms with E-state index in [4.69, 9.17) is 0 Å². The smallest absolute Gasteiger partial charge is 0.236 e. The minimum absolute atomic E-state index is 0.127. The van der Waals surface area contributed by atoms with Gasteiger partial charge in [-0.2, -0.15) is 0 Å². The van der Waals surface area contributed by atoms with Crippen molar-refractivity contribution in [2.24, 2.45) is 5.92 Å². The maximum absolute atomic E-state index is 12.1. The van der Waals surface area contributed by atoms with Gasteiger partial charge in [-0.25, -0.2) is 0 Å². The van der Waals surface area contributed by atoms with E-state index in [0.717, 1.165) is 0 Å². The molecule has 0 radical (unpaired) electrons. The lowest BCUT2D eigenvalue weighted by Gasteiger charge is -2.34. The SMILES string of the molecule is CC1/C=C\C=C/CC(=O)N(C(C)(C)C)C1=O. The van der Waals surface area contributed by atoms with Crippen molar-refractivity contribution in [1.82, 2.24) is 4.90 Å². The molecular formula is C13H19NO2. The number of imide groups is 1. The van der Waals surface area contributed by atoms with E-state index in [1.54, 1.807) is 6.08 Å². The first-order valence-electron chi connectivity index (χ1n) is 5.54. The Bertz CT molecular complexity index is 347. The summed E-state index contributed by atoms with van der Waals surface area (Å²) in [4.78, 5) is 25.5. The standard InChI is InChI=1S/C13H19NO2/c1-10-8-6-5-7-9-11(15)14(12(10)16)13(2,3)4/h5-8,10H,9H2,1-4H3/b7-5-,8-6-. The minimum Gasteiger partial charge on any atom is -0.276 e. The van der Waals surface area contributed by atoms with E-state index in [2.05, 4.69) is 0 Å². The summed E-state index contributed by atoms with van der Waals surface area (Å²) in [7, 11) is 0. The summed E-state index contributed by atoms with van der Waals surface area (Å²) in [6.07, 6.45) is 7.51. The zero-order valence-electron chi connectivity index (χ0n) is 10.4. The lowest BCUT2D eigenvalue weighted by molar-refractivity contribution is -0.151. The van der Waals surface area contributed by atoms with Crippen LogP contribution in [0.5, 0.6) is 0 Å². The largest absolute Gasteiger partial charge is 0.276 e. The molecule has 2 amide bonds. The third-order valence-electron chi connectivity index (χ3n) is 2.47. The van der Waals surface area contributed by atoms with E-state index in [1.165, 1.54) is 4.90 Å². The maximum Gasteiger partial charge on any atom is 0.236 e. The predicted molar refractivity (Wildman–Crippen MR) is 63.7 cm³/mol. The van der Waals surface area contributed by atoms with E-state index in [9.17, 15) is 9.59 Å². The maximum atomic E-state index is 12.1. The third-order valence-corrected chi connectivity index (χ3v) is 2.47. The number of rotatable bonds is 0. The third kappa shape index (κ3) is 2.81. The molecule has 0 saturated heterocycles. The second-order valence-electron chi connectivity index (χ2n) is 5.04. The van der Waals surface area contributed by atoms with Crippen LogP contribution >= 0.6 is 0 Å². The van der Waals surface area contributed by atoms with Crippen molar-refractivity contribution in [3.8, 4) is 0 Å². The monoisotopic (exact) mass is 221 g/mol. The molecule has 1 heterocycles. The quantitative estimate of drug-likeness (QED) is 0.588. The topological polar surface area (TPSA) is 37.4 Å². The molecule has 16 heavy (non-hydrogen) atoms. The fourth-order valence-corrected chi connectivity index (χ4v) is 1.68. The van der Waals surface area contributed by atoms with Crippen LogP contribution < -0.4 is 0 Å². The van der Waals surface area contributed by atoms with E-state index in [0.29, 0.717) is 0 Å². The van der Waals surface area contributed by atoms with Crippen molar-refractivity contribution in [2.75, 3.05) is 0 Å². The van der Waals surface area contributed by atoms with Gasteiger partial charge >= 0.3 is 0 Å². The average molecular weight is 221 g/mol.